The maximum atomic E-state index is 14.6. The van der Waals surface area contributed by atoms with Crippen molar-refractivity contribution in [3.8, 4) is 17.0 Å². The van der Waals surface area contributed by atoms with E-state index in [0.29, 0.717) is 42.0 Å². The Bertz CT molecular complexity index is 1360. The number of benzene rings is 3. The largest absolute Gasteiger partial charge is 0.488 e. The summed E-state index contributed by atoms with van der Waals surface area (Å²) in [4.78, 5) is 21.9. The lowest BCUT2D eigenvalue weighted by atomic mass is 9.98. The second-order valence-electron chi connectivity index (χ2n) is 8.58. The summed E-state index contributed by atoms with van der Waals surface area (Å²) in [5.74, 6) is -0.391. The lowest BCUT2D eigenvalue weighted by Crippen LogP contribution is -2.07. The van der Waals surface area contributed by atoms with Gasteiger partial charge in [-0.1, -0.05) is 36.4 Å². The number of aliphatic hydroxyl groups excluding tert-OH is 1. The third kappa shape index (κ3) is 6.12. The molecular weight excluding hydrogens is 457 g/mol. The van der Waals surface area contributed by atoms with Crippen LogP contribution in [0.15, 0.2) is 72.8 Å². The molecular formula is C29H28FN3O3. The van der Waals surface area contributed by atoms with E-state index in [0.717, 1.165) is 23.2 Å². The zero-order chi connectivity index (χ0) is 25.5. The summed E-state index contributed by atoms with van der Waals surface area (Å²) in [5.41, 5.74) is 9.81. The molecule has 0 aliphatic heterocycles. The van der Waals surface area contributed by atoms with Gasteiger partial charge in [0.05, 0.1) is 11.3 Å². The number of hydrogen-bond acceptors (Lipinski definition) is 6. The molecule has 0 radical (unpaired) electrons. The number of nitrogen functional groups attached to an aromatic ring is 1. The van der Waals surface area contributed by atoms with E-state index in [2.05, 4.69) is 9.97 Å². The molecule has 184 valence electrons. The number of unbranched alkanes of at least 4 members (excludes halogenated alkanes) is 1. The van der Waals surface area contributed by atoms with Gasteiger partial charge in [-0.05, 0) is 73.7 Å². The number of halogens is 1. The normalized spacial score (nSPS) is 10.9. The minimum absolute atomic E-state index is 0.00334. The lowest BCUT2D eigenvalue weighted by Gasteiger charge is -2.14. The van der Waals surface area contributed by atoms with Crippen LogP contribution in [-0.4, -0.2) is 27.5 Å². The van der Waals surface area contributed by atoms with Crippen LogP contribution in [0.5, 0.6) is 5.75 Å². The number of anilines is 1. The summed E-state index contributed by atoms with van der Waals surface area (Å²) in [6.45, 7) is 2.19. The summed E-state index contributed by atoms with van der Waals surface area (Å²) in [6, 6.07) is 21.0. The Morgan fingerprint density at radius 3 is 2.56 bits per heavy atom. The summed E-state index contributed by atoms with van der Waals surface area (Å²) in [7, 11) is 0. The van der Waals surface area contributed by atoms with Crippen molar-refractivity contribution in [2.45, 2.75) is 32.8 Å². The Balaban J connectivity index is 1.74. The summed E-state index contributed by atoms with van der Waals surface area (Å²) >= 11 is 0. The van der Waals surface area contributed by atoms with Crippen molar-refractivity contribution >= 4 is 11.7 Å². The average Bonchev–Trinajstić information content (AvgIpc) is 2.87. The molecule has 4 aromatic rings. The topological polar surface area (TPSA) is 98.3 Å². The highest BCUT2D eigenvalue weighted by molar-refractivity contribution is 6.10. The highest BCUT2D eigenvalue weighted by Crippen LogP contribution is 2.32. The van der Waals surface area contributed by atoms with E-state index >= 15 is 0 Å². The van der Waals surface area contributed by atoms with Gasteiger partial charge in [-0.3, -0.25) is 4.79 Å². The molecule has 7 heteroatoms. The number of carbonyl (C=O) groups is 1. The van der Waals surface area contributed by atoms with Crippen LogP contribution in [0.25, 0.3) is 11.3 Å². The van der Waals surface area contributed by atoms with Crippen molar-refractivity contribution < 1.29 is 19.0 Å². The summed E-state index contributed by atoms with van der Waals surface area (Å²) < 4.78 is 20.7. The van der Waals surface area contributed by atoms with Gasteiger partial charge in [-0.25, -0.2) is 14.4 Å². The molecule has 36 heavy (non-hydrogen) atoms. The monoisotopic (exact) mass is 485 g/mol. The van der Waals surface area contributed by atoms with Crippen LogP contribution in [0.1, 0.15) is 45.6 Å². The van der Waals surface area contributed by atoms with E-state index in [1.165, 1.54) is 12.1 Å². The molecule has 0 saturated heterocycles. The number of aromatic nitrogens is 2. The lowest BCUT2D eigenvalue weighted by molar-refractivity contribution is 0.103. The number of nitrogens with zero attached hydrogens (tertiary/aromatic N) is 2. The molecule has 4 rings (SSSR count). The highest BCUT2D eigenvalue weighted by Gasteiger charge is 2.18. The van der Waals surface area contributed by atoms with Crippen LogP contribution in [-0.2, 0) is 13.0 Å². The third-order valence-corrected chi connectivity index (χ3v) is 5.76. The maximum Gasteiger partial charge on any atom is 0.220 e. The number of aryl methyl sites for hydroxylation is 2. The molecule has 1 aromatic heterocycles. The Hall–Kier alpha value is -4.10. The number of nitrogens with two attached hydrogens (primary N) is 1. The fourth-order valence-electron chi connectivity index (χ4n) is 3.89. The molecule has 0 amide bonds. The molecule has 0 saturated carbocycles. The molecule has 0 aliphatic carbocycles. The third-order valence-electron chi connectivity index (χ3n) is 5.76. The molecule has 0 atom stereocenters. The molecule has 0 spiro atoms. The fourth-order valence-corrected chi connectivity index (χ4v) is 3.89. The van der Waals surface area contributed by atoms with E-state index in [1.54, 1.807) is 37.3 Å². The van der Waals surface area contributed by atoms with Crippen LogP contribution < -0.4 is 10.5 Å². The Morgan fingerprint density at radius 2 is 1.81 bits per heavy atom. The SMILES string of the molecule is Cc1ccc(C(=O)c2ccc(OCc3ccccc3)c(-c3cc(CCCCO)nc(N)n3)c2)c(F)c1. The Labute approximate surface area is 209 Å². The van der Waals surface area contributed by atoms with Gasteiger partial charge in [0, 0.05) is 23.4 Å². The number of ketones is 1. The zero-order valence-corrected chi connectivity index (χ0v) is 20.1. The van der Waals surface area contributed by atoms with Crippen molar-refractivity contribution in [1.82, 2.24) is 9.97 Å². The van der Waals surface area contributed by atoms with E-state index in [9.17, 15) is 9.18 Å². The van der Waals surface area contributed by atoms with Crippen molar-refractivity contribution in [2.75, 3.05) is 12.3 Å². The van der Waals surface area contributed by atoms with Crippen LogP contribution in [0.3, 0.4) is 0 Å². The number of aliphatic hydroxyl groups is 1. The Morgan fingerprint density at radius 1 is 1.00 bits per heavy atom. The van der Waals surface area contributed by atoms with Crippen LogP contribution in [0, 0.1) is 12.7 Å². The van der Waals surface area contributed by atoms with Crippen molar-refractivity contribution in [1.29, 1.82) is 0 Å². The van der Waals surface area contributed by atoms with Crippen LogP contribution >= 0.6 is 0 Å². The van der Waals surface area contributed by atoms with E-state index in [4.69, 9.17) is 15.6 Å². The first kappa shape index (κ1) is 25.0. The van der Waals surface area contributed by atoms with E-state index < -0.39 is 11.6 Å². The minimum Gasteiger partial charge on any atom is -0.488 e. The molecule has 0 fully saturated rings. The molecule has 0 aliphatic rings. The molecule has 1 heterocycles. The van der Waals surface area contributed by atoms with Gasteiger partial charge in [0.2, 0.25) is 5.95 Å². The first-order valence-corrected chi connectivity index (χ1v) is 11.8. The average molecular weight is 486 g/mol. The van der Waals surface area contributed by atoms with Gasteiger partial charge in [0.25, 0.3) is 0 Å². The van der Waals surface area contributed by atoms with Gasteiger partial charge in [-0.15, -0.1) is 0 Å². The first-order valence-electron chi connectivity index (χ1n) is 11.8. The highest BCUT2D eigenvalue weighted by atomic mass is 19.1. The van der Waals surface area contributed by atoms with Gasteiger partial charge < -0.3 is 15.6 Å². The van der Waals surface area contributed by atoms with Crippen molar-refractivity contribution in [2.24, 2.45) is 0 Å². The van der Waals surface area contributed by atoms with Gasteiger partial charge in [0.15, 0.2) is 5.78 Å². The quantitative estimate of drug-likeness (QED) is 0.234. The van der Waals surface area contributed by atoms with Crippen LogP contribution in [0.4, 0.5) is 10.3 Å². The number of rotatable bonds is 10. The zero-order valence-electron chi connectivity index (χ0n) is 20.1. The molecule has 0 unspecified atom stereocenters. The second-order valence-corrected chi connectivity index (χ2v) is 8.58. The number of hydrogen-bond donors (Lipinski definition) is 2. The van der Waals surface area contributed by atoms with E-state index in [1.807, 2.05) is 30.3 Å². The standard InChI is InChI=1S/C29H28FN3O3/c1-19-10-12-23(25(30)15-19)28(35)21-11-13-27(36-18-20-7-3-2-4-8-20)24(16-21)26-17-22(9-5-6-14-34)32-29(31)33-26/h2-4,7-8,10-13,15-17,34H,5-6,9,14,18H2,1H3,(H2,31,32,33). The minimum atomic E-state index is -0.566. The summed E-state index contributed by atoms with van der Waals surface area (Å²) in [5, 5.41) is 9.10. The first-order chi connectivity index (χ1) is 17.4. The number of carbonyl (C=O) groups excluding carboxylic acids is 1. The second kappa shape index (κ2) is 11.6. The van der Waals surface area contributed by atoms with Gasteiger partial charge >= 0.3 is 0 Å². The molecule has 3 N–H and O–H groups in total. The number of ether oxygens (including phenoxy) is 1. The van der Waals surface area contributed by atoms with Crippen LogP contribution in [0.2, 0.25) is 0 Å². The van der Waals surface area contributed by atoms with Gasteiger partial charge in [0.1, 0.15) is 18.2 Å². The van der Waals surface area contributed by atoms with Crippen molar-refractivity contribution in [3.63, 3.8) is 0 Å². The van der Waals surface area contributed by atoms with Gasteiger partial charge in [-0.2, -0.15) is 0 Å². The smallest absolute Gasteiger partial charge is 0.220 e. The van der Waals surface area contributed by atoms with Crippen molar-refractivity contribution in [3.05, 3.63) is 107 Å². The predicted octanol–water partition coefficient (Wildman–Crippen LogP) is 5.30. The predicted molar refractivity (Wildman–Crippen MR) is 137 cm³/mol. The molecule has 0 bridgehead atoms. The molecule has 6 nitrogen and oxygen atoms in total. The fraction of sp³-hybridized carbons (Fsp3) is 0.207. The maximum absolute atomic E-state index is 14.6. The Kier molecular flexibility index (Phi) is 8.02. The van der Waals surface area contributed by atoms with E-state index in [-0.39, 0.29) is 18.1 Å². The molecule has 3 aromatic carbocycles. The summed E-state index contributed by atoms with van der Waals surface area (Å²) in [6.07, 6.45) is 2.01.